The van der Waals surface area contributed by atoms with Crippen molar-refractivity contribution < 1.29 is 12.8 Å². The minimum absolute atomic E-state index is 0.0302. The van der Waals surface area contributed by atoms with Gasteiger partial charge in [-0.15, -0.1) is 0 Å². The van der Waals surface area contributed by atoms with Crippen molar-refractivity contribution in [1.82, 2.24) is 9.97 Å². The quantitative estimate of drug-likeness (QED) is 0.880. The molecule has 0 unspecified atom stereocenters. The van der Waals surface area contributed by atoms with Gasteiger partial charge in [0.15, 0.2) is 0 Å². The summed E-state index contributed by atoms with van der Waals surface area (Å²) in [5.74, 6) is 0. The Morgan fingerprint density at radius 2 is 2.11 bits per heavy atom. The maximum absolute atomic E-state index is 11.9. The number of halogens is 2. The molecule has 0 saturated heterocycles. The Morgan fingerprint density at radius 1 is 1.39 bits per heavy atom. The zero-order valence-corrected chi connectivity index (χ0v) is 11.3. The molecule has 0 spiro atoms. The van der Waals surface area contributed by atoms with Crippen LogP contribution in [0, 0.1) is 6.92 Å². The van der Waals surface area contributed by atoms with Gasteiger partial charge in [0.05, 0.1) is 10.7 Å². The summed E-state index contributed by atoms with van der Waals surface area (Å²) < 4.78 is 30.9. The second-order valence-electron chi connectivity index (χ2n) is 3.34. The third-order valence-corrected chi connectivity index (χ3v) is 3.90. The molecule has 0 saturated carbocycles. The zero-order chi connectivity index (χ0) is 13.3. The molecule has 2 heterocycles. The van der Waals surface area contributed by atoms with Gasteiger partial charge in [-0.2, -0.15) is 4.98 Å². The topological polar surface area (TPSA) is 85.1 Å². The summed E-state index contributed by atoms with van der Waals surface area (Å²) in [5.41, 5.74) is 0.556. The highest BCUT2D eigenvalue weighted by Gasteiger charge is 2.18. The van der Waals surface area contributed by atoms with Crippen molar-refractivity contribution in [2.45, 2.75) is 11.8 Å². The fourth-order valence-corrected chi connectivity index (χ4v) is 2.37. The van der Waals surface area contributed by atoms with E-state index in [1.54, 1.807) is 6.92 Å². The molecular formula is C9H7Cl2N3O3S. The van der Waals surface area contributed by atoms with Crippen molar-refractivity contribution >= 4 is 39.2 Å². The average Bonchev–Trinajstić information content (AvgIpc) is 2.67. The lowest BCUT2D eigenvalue weighted by atomic mass is 10.5. The van der Waals surface area contributed by atoms with Crippen LogP contribution in [0.2, 0.25) is 10.2 Å². The fraction of sp³-hybridized carbons (Fsp3) is 0.111. The fourth-order valence-electron chi connectivity index (χ4n) is 1.13. The summed E-state index contributed by atoms with van der Waals surface area (Å²) in [6, 6.07) is 1.06. The number of anilines is 1. The van der Waals surface area contributed by atoms with Crippen molar-refractivity contribution in [2.24, 2.45) is 0 Å². The molecule has 0 fully saturated rings. The van der Waals surface area contributed by atoms with Gasteiger partial charge in [-0.05, 0) is 13.0 Å². The van der Waals surface area contributed by atoms with Crippen LogP contribution >= 0.6 is 23.2 Å². The van der Waals surface area contributed by atoms with Crippen molar-refractivity contribution in [3.8, 4) is 0 Å². The molecule has 0 aliphatic heterocycles. The largest absolute Gasteiger partial charge is 0.431 e. The molecule has 0 amide bonds. The van der Waals surface area contributed by atoms with Gasteiger partial charge in [0.2, 0.25) is 0 Å². The standard InChI is InChI=1S/C9H7Cl2N3O3S/c1-5-4-17-9(13-5)14-18(15,16)6-2-7(10)8(11)12-3-6/h2-4H,1H3,(H,13,14). The van der Waals surface area contributed by atoms with E-state index in [-0.39, 0.29) is 21.1 Å². The Kier molecular flexibility index (Phi) is 3.47. The van der Waals surface area contributed by atoms with Gasteiger partial charge in [0.1, 0.15) is 16.3 Å². The number of nitrogens with one attached hydrogen (secondary N) is 1. The van der Waals surface area contributed by atoms with Crippen LogP contribution in [0.5, 0.6) is 0 Å². The maximum atomic E-state index is 11.9. The van der Waals surface area contributed by atoms with E-state index in [2.05, 4.69) is 14.7 Å². The third-order valence-electron chi connectivity index (χ3n) is 1.92. The van der Waals surface area contributed by atoms with Gasteiger partial charge in [-0.3, -0.25) is 0 Å². The number of sulfonamides is 1. The zero-order valence-electron chi connectivity index (χ0n) is 9.02. The number of aryl methyl sites for hydroxylation is 1. The summed E-state index contributed by atoms with van der Waals surface area (Å²) in [6.45, 7) is 1.67. The third kappa shape index (κ3) is 2.74. The number of hydrogen-bond donors (Lipinski definition) is 1. The first kappa shape index (κ1) is 13.1. The predicted molar refractivity (Wildman–Crippen MR) is 66.3 cm³/mol. The minimum atomic E-state index is -3.85. The summed E-state index contributed by atoms with van der Waals surface area (Å²) in [7, 11) is -3.85. The Bertz CT molecular complexity index is 684. The molecule has 9 heteroatoms. The molecule has 2 aromatic heterocycles. The lowest BCUT2D eigenvalue weighted by molar-refractivity contribution is 0.569. The molecule has 0 atom stereocenters. The molecule has 0 aliphatic carbocycles. The molecule has 2 rings (SSSR count). The van der Waals surface area contributed by atoms with E-state index >= 15 is 0 Å². The van der Waals surface area contributed by atoms with E-state index in [1.807, 2.05) is 0 Å². The Labute approximate surface area is 113 Å². The van der Waals surface area contributed by atoms with E-state index < -0.39 is 10.0 Å². The molecule has 18 heavy (non-hydrogen) atoms. The molecule has 96 valence electrons. The van der Waals surface area contributed by atoms with Gasteiger partial charge in [-0.1, -0.05) is 23.2 Å². The van der Waals surface area contributed by atoms with E-state index in [1.165, 1.54) is 12.3 Å². The highest BCUT2D eigenvalue weighted by molar-refractivity contribution is 7.92. The van der Waals surface area contributed by atoms with Crippen LogP contribution < -0.4 is 4.72 Å². The molecule has 1 N–H and O–H groups in total. The first-order valence-corrected chi connectivity index (χ1v) is 6.88. The Morgan fingerprint density at radius 3 is 2.67 bits per heavy atom. The van der Waals surface area contributed by atoms with Crippen molar-refractivity contribution in [2.75, 3.05) is 4.72 Å². The number of pyridine rings is 1. The van der Waals surface area contributed by atoms with E-state index in [0.717, 1.165) is 6.20 Å². The van der Waals surface area contributed by atoms with Crippen LogP contribution in [0.3, 0.4) is 0 Å². The molecule has 0 aromatic carbocycles. The second kappa shape index (κ2) is 4.75. The summed E-state index contributed by atoms with van der Waals surface area (Å²) in [6.07, 6.45) is 2.41. The van der Waals surface area contributed by atoms with Crippen LogP contribution in [-0.2, 0) is 10.0 Å². The van der Waals surface area contributed by atoms with Gasteiger partial charge < -0.3 is 4.42 Å². The molecule has 6 nitrogen and oxygen atoms in total. The summed E-state index contributed by atoms with van der Waals surface area (Å²) in [5, 5.41) is 0.0747. The lowest BCUT2D eigenvalue weighted by Crippen LogP contribution is -2.13. The van der Waals surface area contributed by atoms with Crippen molar-refractivity contribution in [3.05, 3.63) is 34.4 Å². The highest BCUT2D eigenvalue weighted by atomic mass is 35.5. The van der Waals surface area contributed by atoms with Gasteiger partial charge in [-0.25, -0.2) is 18.1 Å². The number of hydrogen-bond acceptors (Lipinski definition) is 5. The summed E-state index contributed by atoms with van der Waals surface area (Å²) in [4.78, 5) is 7.35. The average molecular weight is 308 g/mol. The minimum Gasteiger partial charge on any atom is -0.431 e. The molecular weight excluding hydrogens is 301 g/mol. The van der Waals surface area contributed by atoms with E-state index in [0.29, 0.717) is 5.69 Å². The first-order valence-electron chi connectivity index (χ1n) is 4.64. The second-order valence-corrected chi connectivity index (χ2v) is 5.79. The molecule has 0 aliphatic rings. The van der Waals surface area contributed by atoms with Crippen molar-refractivity contribution in [1.29, 1.82) is 0 Å². The van der Waals surface area contributed by atoms with Crippen LogP contribution in [0.25, 0.3) is 0 Å². The first-order chi connectivity index (χ1) is 8.38. The maximum Gasteiger partial charge on any atom is 0.309 e. The number of oxazole rings is 1. The Balaban J connectivity index is 2.33. The van der Waals surface area contributed by atoms with Gasteiger partial charge in [0, 0.05) is 6.20 Å². The predicted octanol–water partition coefficient (Wildman–Crippen LogP) is 2.49. The molecule has 2 aromatic rings. The number of nitrogens with zero attached hydrogens (tertiary/aromatic N) is 2. The van der Waals surface area contributed by atoms with E-state index in [4.69, 9.17) is 27.6 Å². The SMILES string of the molecule is Cc1coc(NS(=O)(=O)c2cnc(Cl)c(Cl)c2)n1. The van der Waals surface area contributed by atoms with E-state index in [9.17, 15) is 8.42 Å². The highest BCUT2D eigenvalue weighted by Crippen LogP contribution is 2.23. The normalized spacial score (nSPS) is 11.5. The number of rotatable bonds is 3. The Hall–Kier alpha value is -1.31. The van der Waals surface area contributed by atoms with Gasteiger partial charge >= 0.3 is 6.01 Å². The monoisotopic (exact) mass is 307 g/mol. The van der Waals surface area contributed by atoms with Crippen LogP contribution in [0.15, 0.2) is 27.8 Å². The summed E-state index contributed by atoms with van der Waals surface area (Å²) >= 11 is 11.3. The smallest absolute Gasteiger partial charge is 0.309 e. The molecule has 0 radical (unpaired) electrons. The lowest BCUT2D eigenvalue weighted by Gasteiger charge is -2.04. The van der Waals surface area contributed by atoms with Crippen LogP contribution in [0.1, 0.15) is 5.69 Å². The molecule has 0 bridgehead atoms. The van der Waals surface area contributed by atoms with Gasteiger partial charge in [0.25, 0.3) is 10.0 Å². The van der Waals surface area contributed by atoms with Crippen molar-refractivity contribution in [3.63, 3.8) is 0 Å². The van der Waals surface area contributed by atoms with Crippen LogP contribution in [-0.4, -0.2) is 18.4 Å². The number of aromatic nitrogens is 2. The van der Waals surface area contributed by atoms with Crippen LogP contribution in [0.4, 0.5) is 6.01 Å².